The summed E-state index contributed by atoms with van der Waals surface area (Å²) in [5, 5.41) is 3.05. The van der Waals surface area contributed by atoms with Crippen molar-refractivity contribution in [1.29, 1.82) is 0 Å². The predicted molar refractivity (Wildman–Crippen MR) is 99.3 cm³/mol. The standard InChI is InChI=1S/C20H20ClFN2O2/c1-13-8-16(21)17(22)10-14(2)23-18(9-13)19(25)24-20(11-26-12-20)15-6-4-3-5-7-15/h3-10,23H,11-12H2,1-2H3,(H,24,25). The van der Waals surface area contributed by atoms with Crippen molar-refractivity contribution in [3.05, 3.63) is 81.9 Å². The molecule has 0 atom stereocenters. The van der Waals surface area contributed by atoms with Gasteiger partial charge in [-0.25, -0.2) is 4.39 Å². The summed E-state index contributed by atoms with van der Waals surface area (Å²) in [6.07, 6.45) is 0. The zero-order chi connectivity index (χ0) is 18.7. The molecular weight excluding hydrogens is 355 g/mol. The maximum Gasteiger partial charge on any atom is 0.268 e. The fourth-order valence-electron chi connectivity index (χ4n) is 2.86. The Morgan fingerprint density at radius 2 is 1.88 bits per heavy atom. The average molecular weight is 375 g/mol. The van der Waals surface area contributed by atoms with Crippen LogP contribution in [0.15, 0.2) is 48.5 Å². The normalized spacial score (nSPS) is 14.9. The summed E-state index contributed by atoms with van der Waals surface area (Å²) < 4.78 is 19.3. The molecule has 0 bridgehead atoms. The molecule has 0 saturated carbocycles. The summed E-state index contributed by atoms with van der Waals surface area (Å²) in [6.45, 7) is 4.24. The molecule has 3 rings (SSSR count). The van der Waals surface area contributed by atoms with Crippen LogP contribution in [0.3, 0.4) is 0 Å². The molecule has 4 nitrogen and oxygen atoms in total. The van der Waals surface area contributed by atoms with Crippen LogP contribution >= 0.6 is 11.6 Å². The number of hydrogen-bond acceptors (Lipinski definition) is 2. The minimum absolute atomic E-state index is 0.00490. The number of ether oxygens (including phenoxy) is 1. The van der Waals surface area contributed by atoms with Crippen molar-refractivity contribution in [3.63, 3.8) is 0 Å². The fraction of sp³-hybridized carbons (Fsp3) is 0.250. The molecule has 1 aromatic heterocycles. The molecule has 136 valence electrons. The third-order valence-electron chi connectivity index (χ3n) is 4.25. The van der Waals surface area contributed by atoms with Crippen molar-refractivity contribution >= 4 is 17.5 Å². The molecule has 1 aliphatic rings. The van der Waals surface area contributed by atoms with Gasteiger partial charge in [0.2, 0.25) is 0 Å². The lowest BCUT2D eigenvalue weighted by atomic mass is 9.88. The summed E-state index contributed by atoms with van der Waals surface area (Å²) in [5.74, 6) is -0.852. The highest BCUT2D eigenvalue weighted by Gasteiger charge is 2.41. The molecular formula is C20H20ClFN2O2. The van der Waals surface area contributed by atoms with Crippen LogP contribution in [0, 0.1) is 19.7 Å². The van der Waals surface area contributed by atoms with Gasteiger partial charge in [0, 0.05) is 5.69 Å². The van der Waals surface area contributed by atoms with E-state index in [0.29, 0.717) is 30.2 Å². The van der Waals surface area contributed by atoms with Gasteiger partial charge in [0.25, 0.3) is 5.91 Å². The monoisotopic (exact) mass is 374 g/mol. The molecule has 1 fully saturated rings. The van der Waals surface area contributed by atoms with E-state index >= 15 is 0 Å². The van der Waals surface area contributed by atoms with E-state index in [0.717, 1.165) is 5.56 Å². The Labute approximate surface area is 156 Å². The first kappa shape index (κ1) is 18.4. The maximum absolute atomic E-state index is 14.0. The largest absolute Gasteiger partial charge is 0.376 e. The molecule has 2 heterocycles. The number of hydrogen-bond donors (Lipinski definition) is 2. The van der Waals surface area contributed by atoms with Crippen LogP contribution < -0.4 is 5.32 Å². The molecule has 0 spiro atoms. The molecule has 6 heteroatoms. The van der Waals surface area contributed by atoms with Crippen LogP contribution in [0.5, 0.6) is 0 Å². The van der Waals surface area contributed by atoms with Gasteiger partial charge in [-0.2, -0.15) is 0 Å². The van der Waals surface area contributed by atoms with E-state index in [1.165, 1.54) is 12.1 Å². The molecule has 1 saturated heterocycles. The van der Waals surface area contributed by atoms with Crippen LogP contribution in [0.2, 0.25) is 5.02 Å². The van der Waals surface area contributed by atoms with Gasteiger partial charge < -0.3 is 15.0 Å². The molecule has 26 heavy (non-hydrogen) atoms. The zero-order valence-electron chi connectivity index (χ0n) is 14.6. The lowest BCUT2D eigenvalue weighted by Gasteiger charge is -2.42. The van der Waals surface area contributed by atoms with E-state index in [2.05, 4.69) is 10.3 Å². The molecule has 1 amide bonds. The molecule has 0 radical (unpaired) electrons. The van der Waals surface area contributed by atoms with Gasteiger partial charge in [-0.15, -0.1) is 0 Å². The molecule has 2 N–H and O–H groups in total. The SMILES string of the molecule is Cc1cc(C(=O)NC2(c3ccccc3)COC2)[nH]c(C)cc(F)c(Cl)c1. The number of amides is 1. The van der Waals surface area contributed by atoms with E-state index in [1.54, 1.807) is 19.9 Å². The molecule has 0 aliphatic carbocycles. The summed E-state index contributed by atoms with van der Waals surface area (Å²) in [6, 6.07) is 14.1. The van der Waals surface area contributed by atoms with E-state index < -0.39 is 11.4 Å². The second-order valence-corrected chi connectivity index (χ2v) is 6.90. The lowest BCUT2D eigenvalue weighted by molar-refractivity contribution is -0.0734. The van der Waals surface area contributed by atoms with Crippen molar-refractivity contribution in [2.24, 2.45) is 0 Å². The minimum Gasteiger partial charge on any atom is -0.376 e. The van der Waals surface area contributed by atoms with Crippen molar-refractivity contribution in [1.82, 2.24) is 10.3 Å². The quantitative estimate of drug-likeness (QED) is 0.845. The highest BCUT2D eigenvalue weighted by atomic mass is 35.5. The Kier molecular flexibility index (Phi) is 5.30. The number of aromatic nitrogens is 1. The summed E-state index contributed by atoms with van der Waals surface area (Å²) in [7, 11) is 0. The van der Waals surface area contributed by atoms with Gasteiger partial charge >= 0.3 is 0 Å². The lowest BCUT2D eigenvalue weighted by Crippen LogP contribution is -2.59. The first-order chi connectivity index (χ1) is 12.4. The first-order valence-electron chi connectivity index (χ1n) is 8.26. The highest BCUT2D eigenvalue weighted by Crippen LogP contribution is 2.29. The van der Waals surface area contributed by atoms with Gasteiger partial charge in [-0.3, -0.25) is 4.79 Å². The Morgan fingerprint density at radius 3 is 2.50 bits per heavy atom. The highest BCUT2D eigenvalue weighted by molar-refractivity contribution is 6.30. The van der Waals surface area contributed by atoms with Gasteiger partial charge in [-0.1, -0.05) is 41.9 Å². The second-order valence-electron chi connectivity index (χ2n) is 6.49. The second kappa shape index (κ2) is 7.48. The van der Waals surface area contributed by atoms with Crippen LogP contribution in [0.25, 0.3) is 0 Å². The summed E-state index contributed by atoms with van der Waals surface area (Å²) in [5.41, 5.74) is 1.87. The number of aromatic amines is 1. The predicted octanol–water partition coefficient (Wildman–Crippen LogP) is 4.20. The van der Waals surface area contributed by atoms with Crippen LogP contribution in [-0.2, 0) is 10.3 Å². The summed E-state index contributed by atoms with van der Waals surface area (Å²) >= 11 is 5.93. The van der Waals surface area contributed by atoms with E-state index in [4.69, 9.17) is 16.3 Å². The number of aryl methyl sites for hydroxylation is 2. The van der Waals surface area contributed by atoms with Gasteiger partial charge in [-0.05, 0) is 43.2 Å². The third-order valence-corrected chi connectivity index (χ3v) is 4.54. The van der Waals surface area contributed by atoms with E-state index in [9.17, 15) is 9.18 Å². The van der Waals surface area contributed by atoms with Crippen LogP contribution in [0.1, 0.15) is 27.3 Å². The number of carbonyl (C=O) groups is 1. The number of benzene rings is 1. The van der Waals surface area contributed by atoms with Gasteiger partial charge in [0.1, 0.15) is 17.1 Å². The van der Waals surface area contributed by atoms with Crippen molar-refractivity contribution in [2.75, 3.05) is 13.2 Å². The summed E-state index contributed by atoms with van der Waals surface area (Å²) in [4.78, 5) is 15.9. The minimum atomic E-state index is -0.560. The first-order valence-corrected chi connectivity index (χ1v) is 8.64. The van der Waals surface area contributed by atoms with E-state index in [-0.39, 0.29) is 10.9 Å². The molecule has 0 unspecified atom stereocenters. The topological polar surface area (TPSA) is 54.1 Å². The van der Waals surface area contributed by atoms with Crippen molar-refractivity contribution < 1.29 is 13.9 Å². The zero-order valence-corrected chi connectivity index (χ0v) is 15.4. The van der Waals surface area contributed by atoms with Crippen LogP contribution in [0.4, 0.5) is 4.39 Å². The maximum atomic E-state index is 14.0. The Hall–Kier alpha value is -2.37. The molecule has 1 aromatic carbocycles. The van der Waals surface area contributed by atoms with E-state index in [1.807, 2.05) is 30.3 Å². The van der Waals surface area contributed by atoms with Crippen molar-refractivity contribution in [2.45, 2.75) is 19.4 Å². The number of carbonyl (C=O) groups excluding carboxylic acids is 1. The smallest absolute Gasteiger partial charge is 0.268 e. The number of H-pyrrole nitrogens is 1. The molecule has 1 aliphatic heterocycles. The fourth-order valence-corrected chi connectivity index (χ4v) is 3.09. The number of rotatable bonds is 3. The molecule has 2 aromatic rings. The Morgan fingerprint density at radius 1 is 1.19 bits per heavy atom. The van der Waals surface area contributed by atoms with Crippen molar-refractivity contribution in [3.8, 4) is 0 Å². The van der Waals surface area contributed by atoms with Gasteiger partial charge in [0.15, 0.2) is 0 Å². The Balaban J connectivity index is 1.99. The van der Waals surface area contributed by atoms with Crippen LogP contribution in [-0.4, -0.2) is 24.1 Å². The number of halogens is 2. The third kappa shape index (κ3) is 3.89. The Bertz CT molecular complexity index is 839. The average Bonchev–Trinajstić information content (AvgIpc) is 2.61. The van der Waals surface area contributed by atoms with Gasteiger partial charge in [0.05, 0.1) is 18.2 Å². The number of nitrogens with one attached hydrogen (secondary N) is 2.